The molecule has 5 nitrogen and oxygen atoms in total. The number of hydrogen-bond donors (Lipinski definition) is 2. The van der Waals surface area contributed by atoms with Crippen molar-refractivity contribution in [3.63, 3.8) is 0 Å². The number of urea groups is 1. The summed E-state index contributed by atoms with van der Waals surface area (Å²) in [7, 11) is 0. The van der Waals surface area contributed by atoms with Crippen molar-refractivity contribution in [2.45, 2.75) is 56.2 Å². The fraction of sp³-hybridized carbons (Fsp3) is 0.769. The Morgan fingerprint density at radius 2 is 2.20 bits per heavy atom. The second-order valence-electron chi connectivity index (χ2n) is 5.35. The van der Waals surface area contributed by atoms with Gasteiger partial charge in [-0.15, -0.1) is 10.2 Å². The molecule has 1 heterocycles. The number of thioether (sulfide) groups is 1. The van der Waals surface area contributed by atoms with Crippen LogP contribution in [0.5, 0.6) is 0 Å². The van der Waals surface area contributed by atoms with E-state index in [9.17, 15) is 4.79 Å². The molecule has 3 rings (SSSR count). The Labute approximate surface area is 127 Å². The normalized spacial score (nSPS) is 25.6. The van der Waals surface area contributed by atoms with Crippen LogP contribution in [0, 0.1) is 0 Å². The lowest BCUT2D eigenvalue weighted by molar-refractivity contribution is 0.249. The Kier molecular flexibility index (Phi) is 4.45. The van der Waals surface area contributed by atoms with Crippen molar-refractivity contribution in [3.05, 3.63) is 5.01 Å². The molecule has 0 aromatic carbocycles. The molecule has 110 valence electrons. The Balaban J connectivity index is 1.50. The van der Waals surface area contributed by atoms with Gasteiger partial charge in [0.2, 0.25) is 5.13 Å². The summed E-state index contributed by atoms with van der Waals surface area (Å²) in [5, 5.41) is 16.3. The zero-order chi connectivity index (χ0) is 13.9. The molecule has 2 N–H and O–H groups in total. The van der Waals surface area contributed by atoms with Crippen molar-refractivity contribution in [3.8, 4) is 0 Å². The van der Waals surface area contributed by atoms with E-state index in [1.165, 1.54) is 37.0 Å². The Morgan fingerprint density at radius 1 is 1.35 bits per heavy atom. The van der Waals surface area contributed by atoms with Crippen LogP contribution in [0.3, 0.4) is 0 Å². The van der Waals surface area contributed by atoms with E-state index in [4.69, 9.17) is 0 Å². The molecular weight excluding hydrogens is 292 g/mol. The first-order valence-electron chi connectivity index (χ1n) is 7.28. The van der Waals surface area contributed by atoms with Gasteiger partial charge in [0.1, 0.15) is 5.01 Å². The molecule has 2 aliphatic rings. The highest BCUT2D eigenvalue weighted by molar-refractivity contribution is 7.99. The average Bonchev–Trinajstić information content (AvgIpc) is 3.03. The first kappa shape index (κ1) is 14.1. The number of carbonyl (C=O) groups excluding carboxylic acids is 1. The number of nitrogens with zero attached hydrogens (tertiary/aromatic N) is 2. The van der Waals surface area contributed by atoms with E-state index >= 15 is 0 Å². The summed E-state index contributed by atoms with van der Waals surface area (Å²) in [6.45, 7) is 2.17. The first-order valence-corrected chi connectivity index (χ1v) is 9.15. The minimum atomic E-state index is -0.142. The van der Waals surface area contributed by atoms with Crippen molar-refractivity contribution in [2.24, 2.45) is 0 Å². The van der Waals surface area contributed by atoms with Gasteiger partial charge in [0.15, 0.2) is 0 Å². The van der Waals surface area contributed by atoms with Gasteiger partial charge in [-0.25, -0.2) is 4.79 Å². The highest BCUT2D eigenvalue weighted by Crippen LogP contribution is 2.42. The van der Waals surface area contributed by atoms with E-state index in [2.05, 4.69) is 27.8 Å². The molecule has 0 radical (unpaired) electrons. The van der Waals surface area contributed by atoms with Gasteiger partial charge in [0.25, 0.3) is 0 Å². The van der Waals surface area contributed by atoms with E-state index in [-0.39, 0.29) is 12.1 Å². The minimum absolute atomic E-state index is 0.142. The Morgan fingerprint density at radius 3 is 2.95 bits per heavy atom. The number of amides is 2. The largest absolute Gasteiger partial charge is 0.334 e. The monoisotopic (exact) mass is 312 g/mol. The van der Waals surface area contributed by atoms with Gasteiger partial charge >= 0.3 is 6.03 Å². The summed E-state index contributed by atoms with van der Waals surface area (Å²) in [6.07, 6.45) is 5.90. The van der Waals surface area contributed by atoms with E-state index in [1.54, 1.807) is 0 Å². The van der Waals surface area contributed by atoms with Gasteiger partial charge in [-0.05, 0) is 31.4 Å². The van der Waals surface area contributed by atoms with E-state index in [1.807, 2.05) is 11.8 Å². The third kappa shape index (κ3) is 3.44. The molecule has 2 saturated carbocycles. The maximum absolute atomic E-state index is 12.0. The third-order valence-corrected chi connectivity index (χ3v) is 6.06. The lowest BCUT2D eigenvalue weighted by Gasteiger charge is -2.19. The van der Waals surface area contributed by atoms with E-state index < -0.39 is 0 Å². The van der Waals surface area contributed by atoms with Gasteiger partial charge in [-0.3, -0.25) is 5.32 Å². The average molecular weight is 312 g/mol. The van der Waals surface area contributed by atoms with Crippen LogP contribution in [-0.4, -0.2) is 33.3 Å². The lowest BCUT2D eigenvalue weighted by atomic mass is 10.2. The van der Waals surface area contributed by atoms with Crippen molar-refractivity contribution < 1.29 is 4.79 Å². The van der Waals surface area contributed by atoms with Gasteiger partial charge < -0.3 is 5.32 Å². The molecule has 0 saturated heterocycles. The first-order chi connectivity index (χ1) is 9.76. The molecule has 2 fully saturated rings. The van der Waals surface area contributed by atoms with Gasteiger partial charge in [0, 0.05) is 17.2 Å². The van der Waals surface area contributed by atoms with Crippen LogP contribution in [0.2, 0.25) is 0 Å². The van der Waals surface area contributed by atoms with Crippen molar-refractivity contribution in [1.82, 2.24) is 15.5 Å². The van der Waals surface area contributed by atoms with Crippen LogP contribution in [0.25, 0.3) is 0 Å². The van der Waals surface area contributed by atoms with Crippen LogP contribution in [0.4, 0.5) is 9.93 Å². The molecule has 0 spiro atoms. The fourth-order valence-electron chi connectivity index (χ4n) is 2.59. The SMILES string of the molecule is CCS[C@@H]1CCC[C@@H]1NC(=O)Nc1nnc(C2CC2)s1. The molecule has 20 heavy (non-hydrogen) atoms. The molecule has 0 aliphatic heterocycles. The molecule has 2 atom stereocenters. The maximum atomic E-state index is 12.0. The number of nitrogens with one attached hydrogen (secondary N) is 2. The quantitative estimate of drug-likeness (QED) is 0.876. The smallest absolute Gasteiger partial charge is 0.321 e. The Bertz CT molecular complexity index is 475. The molecule has 2 amide bonds. The van der Waals surface area contributed by atoms with Gasteiger partial charge in [0.05, 0.1) is 0 Å². The van der Waals surface area contributed by atoms with Crippen molar-refractivity contribution in [2.75, 3.05) is 11.1 Å². The molecule has 1 aromatic rings. The van der Waals surface area contributed by atoms with Crippen LogP contribution in [0.15, 0.2) is 0 Å². The maximum Gasteiger partial charge on any atom is 0.321 e. The standard InChI is InChI=1S/C13H20N4OS2/c1-2-19-10-5-3-4-9(10)14-12(18)15-13-17-16-11(20-13)8-6-7-8/h8-10H,2-7H2,1H3,(H2,14,15,17,18)/t9-,10+/m0/s1. The minimum Gasteiger partial charge on any atom is -0.334 e. The molecule has 0 bridgehead atoms. The summed E-state index contributed by atoms with van der Waals surface area (Å²) < 4.78 is 0. The zero-order valence-corrected chi connectivity index (χ0v) is 13.2. The second kappa shape index (κ2) is 6.30. The summed E-state index contributed by atoms with van der Waals surface area (Å²) in [4.78, 5) is 12.0. The zero-order valence-electron chi connectivity index (χ0n) is 11.6. The summed E-state index contributed by atoms with van der Waals surface area (Å²) in [5.41, 5.74) is 0. The second-order valence-corrected chi connectivity index (χ2v) is 7.87. The highest BCUT2D eigenvalue weighted by Gasteiger charge is 2.30. The van der Waals surface area contributed by atoms with Crippen molar-refractivity contribution >= 4 is 34.3 Å². The van der Waals surface area contributed by atoms with Crippen molar-refractivity contribution in [1.29, 1.82) is 0 Å². The lowest BCUT2D eigenvalue weighted by Crippen LogP contribution is -2.41. The van der Waals surface area contributed by atoms with Crippen LogP contribution >= 0.6 is 23.1 Å². The predicted molar refractivity (Wildman–Crippen MR) is 83.6 cm³/mol. The topological polar surface area (TPSA) is 66.9 Å². The van der Waals surface area contributed by atoms with Gasteiger partial charge in [-0.2, -0.15) is 11.8 Å². The van der Waals surface area contributed by atoms with E-state index in [0.717, 1.165) is 17.2 Å². The summed E-state index contributed by atoms with van der Waals surface area (Å²) >= 11 is 3.45. The molecule has 0 unspecified atom stereocenters. The van der Waals surface area contributed by atoms with E-state index in [0.29, 0.717) is 16.3 Å². The number of aromatic nitrogens is 2. The molecule has 2 aliphatic carbocycles. The Hall–Kier alpha value is -0.820. The summed E-state index contributed by atoms with van der Waals surface area (Å²) in [5.74, 6) is 1.69. The fourth-order valence-corrected chi connectivity index (χ4v) is 4.69. The van der Waals surface area contributed by atoms with Crippen LogP contribution < -0.4 is 10.6 Å². The third-order valence-electron chi connectivity index (χ3n) is 3.74. The predicted octanol–water partition coefficient (Wildman–Crippen LogP) is 3.21. The van der Waals surface area contributed by atoms with Crippen LogP contribution in [-0.2, 0) is 0 Å². The summed E-state index contributed by atoms with van der Waals surface area (Å²) in [6, 6.07) is 0.146. The number of rotatable bonds is 5. The van der Waals surface area contributed by atoms with Crippen LogP contribution in [0.1, 0.15) is 50.0 Å². The highest BCUT2D eigenvalue weighted by atomic mass is 32.2. The number of hydrogen-bond acceptors (Lipinski definition) is 5. The number of anilines is 1. The van der Waals surface area contributed by atoms with Gasteiger partial charge in [-0.1, -0.05) is 24.7 Å². The molecule has 7 heteroatoms. The number of carbonyl (C=O) groups is 1. The molecular formula is C13H20N4OS2. The molecule has 1 aromatic heterocycles.